The van der Waals surface area contributed by atoms with Crippen molar-refractivity contribution < 1.29 is 36.3 Å². The minimum absolute atomic E-state index is 0.000364. The summed E-state index contributed by atoms with van der Waals surface area (Å²) >= 11 is 1.46. The second-order valence-corrected chi connectivity index (χ2v) is 14.9. The quantitative estimate of drug-likeness (QED) is 0.102. The van der Waals surface area contributed by atoms with E-state index in [0.717, 1.165) is 89.2 Å². The molecular weight excluding hydrogens is 583 g/mol. The highest BCUT2D eigenvalue weighted by atomic mass is 32.2. The third-order valence-electron chi connectivity index (χ3n) is 10.7. The van der Waals surface area contributed by atoms with Crippen molar-refractivity contribution in [3.05, 3.63) is 23.3 Å². The van der Waals surface area contributed by atoms with E-state index in [1.54, 1.807) is 0 Å². The monoisotopic (exact) mass is 632 g/mol. The molecule has 4 rings (SSSR count). The molecule has 0 aromatic rings. The first kappa shape index (κ1) is 34.5. The number of ketones is 1. The topological polar surface area (TPSA) is 43.4 Å². The van der Waals surface area contributed by atoms with Gasteiger partial charge < -0.3 is 4.74 Å². The molecule has 0 saturated heterocycles. The van der Waals surface area contributed by atoms with Crippen molar-refractivity contribution in [1.29, 1.82) is 0 Å². The summed E-state index contributed by atoms with van der Waals surface area (Å²) in [5.41, 5.74) is 2.77. The van der Waals surface area contributed by atoms with E-state index in [4.69, 9.17) is 4.74 Å². The van der Waals surface area contributed by atoms with Crippen LogP contribution in [0.5, 0.6) is 0 Å². The number of hydrogen-bond acceptors (Lipinski definition) is 4. The highest BCUT2D eigenvalue weighted by molar-refractivity contribution is 7.99. The SMILES string of the molecule is CC(=O)O[C@H]1CCC2C3C(CCCCCCCCCSCCCC(F)(F)C(F)(F)F)=CC4=CC(=O)CCC4C3CC[C@@]21C. The Bertz CT molecular complexity index is 1040. The molecule has 2 fully saturated rings. The van der Waals surface area contributed by atoms with Crippen molar-refractivity contribution in [3.8, 4) is 0 Å². The van der Waals surface area contributed by atoms with E-state index in [9.17, 15) is 31.5 Å². The number of alkyl halides is 5. The smallest absolute Gasteiger partial charge is 0.453 e. The lowest BCUT2D eigenvalue weighted by Crippen LogP contribution is -2.48. The van der Waals surface area contributed by atoms with Gasteiger partial charge in [0.05, 0.1) is 0 Å². The van der Waals surface area contributed by atoms with Crippen molar-refractivity contribution in [2.24, 2.45) is 29.1 Å². The highest BCUT2D eigenvalue weighted by Gasteiger charge is 2.58. The van der Waals surface area contributed by atoms with Crippen LogP contribution in [0.25, 0.3) is 0 Å². The maximum Gasteiger partial charge on any atom is 0.453 e. The van der Waals surface area contributed by atoms with Gasteiger partial charge in [-0.15, -0.1) is 0 Å². The summed E-state index contributed by atoms with van der Waals surface area (Å²) in [4.78, 5) is 24.1. The molecule has 6 atom stereocenters. The number of esters is 1. The number of rotatable bonds is 15. The van der Waals surface area contributed by atoms with Crippen LogP contribution in [-0.2, 0) is 14.3 Å². The Balaban J connectivity index is 1.19. The second-order valence-electron chi connectivity index (χ2n) is 13.6. The Labute approximate surface area is 258 Å². The van der Waals surface area contributed by atoms with Gasteiger partial charge in [0.1, 0.15) is 6.10 Å². The zero-order valence-electron chi connectivity index (χ0n) is 25.8. The maximum atomic E-state index is 12.9. The minimum Gasteiger partial charge on any atom is -0.462 e. The Hall–Kier alpha value is -1.38. The second kappa shape index (κ2) is 14.8. The molecule has 0 N–H and O–H groups in total. The molecule has 3 nitrogen and oxygen atoms in total. The van der Waals surface area contributed by atoms with Gasteiger partial charge in [0, 0.05) is 25.2 Å². The van der Waals surface area contributed by atoms with Crippen LogP contribution >= 0.6 is 11.8 Å². The van der Waals surface area contributed by atoms with Crippen LogP contribution in [0.3, 0.4) is 0 Å². The summed E-state index contributed by atoms with van der Waals surface area (Å²) in [6.45, 7) is 3.86. The Kier molecular flexibility index (Phi) is 11.9. The first-order valence-corrected chi connectivity index (χ1v) is 17.6. The molecule has 4 aliphatic carbocycles. The number of unbranched alkanes of at least 4 members (excludes halogenated alkanes) is 6. The number of thioether (sulfide) groups is 1. The van der Waals surface area contributed by atoms with Crippen LogP contribution in [0.4, 0.5) is 22.0 Å². The fourth-order valence-electron chi connectivity index (χ4n) is 8.55. The molecule has 0 spiro atoms. The predicted octanol–water partition coefficient (Wildman–Crippen LogP) is 10.0. The molecule has 0 radical (unpaired) electrons. The lowest BCUT2D eigenvalue weighted by Gasteiger charge is -2.53. The van der Waals surface area contributed by atoms with Gasteiger partial charge in [-0.2, -0.15) is 33.7 Å². The molecule has 0 aromatic heterocycles. The molecule has 9 heteroatoms. The number of hydrogen-bond donors (Lipinski definition) is 0. The normalized spacial score (nSPS) is 30.7. The highest BCUT2D eigenvalue weighted by Crippen LogP contribution is 2.63. The Morgan fingerprint density at radius 2 is 1.60 bits per heavy atom. The van der Waals surface area contributed by atoms with Crippen molar-refractivity contribution in [2.45, 2.75) is 135 Å². The van der Waals surface area contributed by atoms with Gasteiger partial charge in [0.2, 0.25) is 0 Å². The van der Waals surface area contributed by atoms with E-state index in [0.29, 0.717) is 35.8 Å². The van der Waals surface area contributed by atoms with E-state index in [1.807, 2.05) is 6.08 Å². The summed E-state index contributed by atoms with van der Waals surface area (Å²) in [5, 5.41) is 0. The van der Waals surface area contributed by atoms with E-state index >= 15 is 0 Å². The Morgan fingerprint density at radius 3 is 2.30 bits per heavy atom. The molecule has 4 aliphatic rings. The van der Waals surface area contributed by atoms with Crippen LogP contribution in [-0.4, -0.2) is 41.5 Å². The lowest BCUT2D eigenvalue weighted by atomic mass is 9.51. The van der Waals surface area contributed by atoms with Crippen LogP contribution in [0, 0.1) is 29.1 Å². The number of halogens is 5. The van der Waals surface area contributed by atoms with E-state index < -0.39 is 18.5 Å². The van der Waals surface area contributed by atoms with E-state index in [1.165, 1.54) is 29.8 Å². The first-order valence-electron chi connectivity index (χ1n) is 16.5. The number of carbonyl (C=O) groups is 2. The summed E-state index contributed by atoms with van der Waals surface area (Å²) in [6.07, 6.45) is 12.1. The van der Waals surface area contributed by atoms with Gasteiger partial charge in [-0.05, 0) is 105 Å². The van der Waals surface area contributed by atoms with E-state index in [2.05, 4.69) is 13.0 Å². The number of fused-ring (bicyclic) bond motifs is 5. The number of allylic oxidation sites excluding steroid dienone is 4. The maximum absolute atomic E-state index is 12.9. The summed E-state index contributed by atoms with van der Waals surface area (Å²) < 4.78 is 68.4. The largest absolute Gasteiger partial charge is 0.462 e. The summed E-state index contributed by atoms with van der Waals surface area (Å²) in [5.74, 6) is -1.32. The fraction of sp³-hybridized carbons (Fsp3) is 0.824. The Morgan fingerprint density at radius 1 is 0.930 bits per heavy atom. The van der Waals surface area contributed by atoms with Crippen LogP contribution in [0.1, 0.15) is 117 Å². The third kappa shape index (κ3) is 8.46. The molecule has 2 saturated carbocycles. The zero-order valence-corrected chi connectivity index (χ0v) is 26.6. The summed E-state index contributed by atoms with van der Waals surface area (Å²) in [7, 11) is 0. The van der Waals surface area contributed by atoms with Gasteiger partial charge in [-0.1, -0.05) is 50.7 Å². The first-order chi connectivity index (χ1) is 20.3. The molecule has 0 aliphatic heterocycles. The predicted molar refractivity (Wildman–Crippen MR) is 161 cm³/mol. The van der Waals surface area contributed by atoms with Gasteiger partial charge in [0.15, 0.2) is 5.78 Å². The van der Waals surface area contributed by atoms with Gasteiger partial charge in [-0.3, -0.25) is 9.59 Å². The number of ether oxygens (including phenoxy) is 1. The minimum atomic E-state index is -5.45. The molecule has 244 valence electrons. The van der Waals surface area contributed by atoms with Crippen LogP contribution < -0.4 is 0 Å². The van der Waals surface area contributed by atoms with Crippen LogP contribution in [0.2, 0.25) is 0 Å². The molecule has 0 heterocycles. The number of carbonyl (C=O) groups excluding carboxylic acids is 2. The van der Waals surface area contributed by atoms with E-state index in [-0.39, 0.29) is 29.7 Å². The van der Waals surface area contributed by atoms with Crippen molar-refractivity contribution >= 4 is 23.5 Å². The lowest BCUT2D eigenvalue weighted by molar-refractivity contribution is -0.284. The molecule has 4 unspecified atom stereocenters. The average Bonchev–Trinajstić information content (AvgIpc) is 3.25. The fourth-order valence-corrected chi connectivity index (χ4v) is 9.51. The van der Waals surface area contributed by atoms with Crippen molar-refractivity contribution in [1.82, 2.24) is 0 Å². The standard InChI is InChI=1S/C34H49F5O3S/c1-23(40)42-30-15-14-29-31-24(21-25-22-26(41)12-13-27(25)28(31)16-18-32(29,30)2)11-8-6-4-3-5-7-9-19-43-20-10-17-33(35,36)34(37,38)39/h21-22,27-31H,3-20H2,1-2H3/t27?,28?,29?,30-,31?,32-/m0/s1. The molecule has 0 aromatic carbocycles. The molecule has 0 bridgehead atoms. The third-order valence-corrected chi connectivity index (χ3v) is 11.9. The van der Waals surface area contributed by atoms with Gasteiger partial charge in [-0.25, -0.2) is 0 Å². The molecular formula is C34H49F5O3S. The average molecular weight is 633 g/mol. The van der Waals surface area contributed by atoms with Gasteiger partial charge in [0.25, 0.3) is 0 Å². The van der Waals surface area contributed by atoms with Crippen molar-refractivity contribution in [3.63, 3.8) is 0 Å². The summed E-state index contributed by atoms with van der Waals surface area (Å²) in [6, 6.07) is 0. The molecule has 0 amide bonds. The van der Waals surface area contributed by atoms with Crippen LogP contribution in [0.15, 0.2) is 23.3 Å². The molecule has 43 heavy (non-hydrogen) atoms. The van der Waals surface area contributed by atoms with Gasteiger partial charge >= 0.3 is 18.1 Å². The zero-order chi connectivity index (χ0) is 31.3. The van der Waals surface area contributed by atoms with Crippen molar-refractivity contribution in [2.75, 3.05) is 11.5 Å².